The number of benzene rings is 3. The standard InChI is InChI=1S/C23H20Cl2FN3O3S/c24-20-8-6-16(14-21(20)25)27-23(30)19-15-18(7-9-22(19)26)33(31,32)29-12-10-28(11-13-29)17-4-2-1-3-5-17/h1-9,14-15H,10-13H2,(H,27,30). The number of amides is 1. The summed E-state index contributed by atoms with van der Waals surface area (Å²) in [5, 5.41) is 3.04. The van der Waals surface area contributed by atoms with Crippen LogP contribution in [0, 0.1) is 5.82 Å². The number of para-hydroxylation sites is 1. The molecular weight excluding hydrogens is 488 g/mol. The van der Waals surface area contributed by atoms with Crippen molar-refractivity contribution in [3.05, 3.63) is 88.2 Å². The van der Waals surface area contributed by atoms with E-state index in [1.165, 1.54) is 28.6 Å². The fraction of sp³-hybridized carbons (Fsp3) is 0.174. The molecule has 1 aliphatic heterocycles. The Balaban J connectivity index is 1.51. The highest BCUT2D eigenvalue weighted by molar-refractivity contribution is 7.89. The van der Waals surface area contributed by atoms with Gasteiger partial charge in [0.25, 0.3) is 5.91 Å². The lowest BCUT2D eigenvalue weighted by Crippen LogP contribution is -2.48. The van der Waals surface area contributed by atoms with Crippen LogP contribution in [-0.2, 0) is 10.0 Å². The molecule has 0 atom stereocenters. The number of carbonyl (C=O) groups is 1. The average molecular weight is 508 g/mol. The second-order valence-electron chi connectivity index (χ2n) is 7.45. The Bertz CT molecular complexity index is 1280. The summed E-state index contributed by atoms with van der Waals surface area (Å²) in [5.41, 5.74) is 0.946. The van der Waals surface area contributed by atoms with Crippen molar-refractivity contribution in [1.82, 2.24) is 4.31 Å². The Morgan fingerprint density at radius 1 is 0.879 bits per heavy atom. The first kappa shape index (κ1) is 23.5. The minimum absolute atomic E-state index is 0.142. The molecule has 1 fully saturated rings. The van der Waals surface area contributed by atoms with Crippen molar-refractivity contribution >= 4 is 50.5 Å². The van der Waals surface area contributed by atoms with Crippen LogP contribution in [0.2, 0.25) is 10.0 Å². The van der Waals surface area contributed by atoms with E-state index in [-0.39, 0.29) is 28.6 Å². The first-order valence-electron chi connectivity index (χ1n) is 10.1. The maximum atomic E-state index is 14.4. The Kier molecular flexibility index (Phi) is 6.90. The summed E-state index contributed by atoms with van der Waals surface area (Å²) in [6.07, 6.45) is 0. The van der Waals surface area contributed by atoms with Gasteiger partial charge in [-0.1, -0.05) is 41.4 Å². The Morgan fingerprint density at radius 3 is 2.24 bits per heavy atom. The van der Waals surface area contributed by atoms with E-state index >= 15 is 0 Å². The van der Waals surface area contributed by atoms with E-state index < -0.39 is 21.7 Å². The van der Waals surface area contributed by atoms with E-state index in [0.29, 0.717) is 23.8 Å². The van der Waals surface area contributed by atoms with Crippen LogP contribution >= 0.6 is 23.2 Å². The fourth-order valence-electron chi connectivity index (χ4n) is 3.59. The van der Waals surface area contributed by atoms with Gasteiger partial charge in [0.1, 0.15) is 5.82 Å². The third-order valence-electron chi connectivity index (χ3n) is 5.36. The van der Waals surface area contributed by atoms with E-state index in [0.717, 1.165) is 17.8 Å². The van der Waals surface area contributed by atoms with Crippen molar-refractivity contribution in [2.75, 3.05) is 36.4 Å². The molecule has 1 aliphatic rings. The van der Waals surface area contributed by atoms with Crippen LogP contribution in [0.5, 0.6) is 0 Å². The summed E-state index contributed by atoms with van der Waals surface area (Å²) in [6, 6.07) is 17.4. The third-order valence-corrected chi connectivity index (χ3v) is 7.99. The molecule has 10 heteroatoms. The summed E-state index contributed by atoms with van der Waals surface area (Å²) >= 11 is 11.8. The minimum Gasteiger partial charge on any atom is -0.369 e. The number of hydrogen-bond donors (Lipinski definition) is 1. The lowest BCUT2D eigenvalue weighted by Gasteiger charge is -2.35. The topological polar surface area (TPSA) is 69.7 Å². The number of nitrogens with one attached hydrogen (secondary N) is 1. The van der Waals surface area contributed by atoms with Crippen LogP contribution in [0.25, 0.3) is 0 Å². The first-order chi connectivity index (χ1) is 15.8. The van der Waals surface area contributed by atoms with Crippen molar-refractivity contribution in [2.24, 2.45) is 0 Å². The molecule has 0 unspecified atom stereocenters. The molecule has 1 heterocycles. The minimum atomic E-state index is -3.90. The SMILES string of the molecule is O=C(Nc1ccc(Cl)c(Cl)c1)c1cc(S(=O)(=O)N2CCN(c3ccccc3)CC2)ccc1F. The molecule has 0 spiro atoms. The van der Waals surface area contributed by atoms with Crippen LogP contribution in [0.4, 0.5) is 15.8 Å². The van der Waals surface area contributed by atoms with Gasteiger partial charge in [-0.25, -0.2) is 12.8 Å². The number of anilines is 2. The first-order valence-corrected chi connectivity index (χ1v) is 12.3. The van der Waals surface area contributed by atoms with Gasteiger partial charge in [-0.2, -0.15) is 4.31 Å². The van der Waals surface area contributed by atoms with Gasteiger partial charge in [0.05, 0.1) is 20.5 Å². The van der Waals surface area contributed by atoms with Crippen molar-refractivity contribution in [2.45, 2.75) is 4.90 Å². The molecule has 0 radical (unpaired) electrons. The van der Waals surface area contributed by atoms with Crippen LogP contribution in [0.15, 0.2) is 71.6 Å². The summed E-state index contributed by atoms with van der Waals surface area (Å²) in [4.78, 5) is 14.6. The van der Waals surface area contributed by atoms with Crippen LogP contribution in [0.1, 0.15) is 10.4 Å². The van der Waals surface area contributed by atoms with Gasteiger partial charge in [-0.3, -0.25) is 4.79 Å². The second kappa shape index (κ2) is 9.69. The molecule has 0 bridgehead atoms. The zero-order valence-corrected chi connectivity index (χ0v) is 19.7. The van der Waals surface area contributed by atoms with Gasteiger partial charge < -0.3 is 10.2 Å². The number of carbonyl (C=O) groups excluding carboxylic acids is 1. The summed E-state index contributed by atoms with van der Waals surface area (Å²) in [6.45, 7) is 1.60. The molecule has 172 valence electrons. The summed E-state index contributed by atoms with van der Waals surface area (Å²) in [7, 11) is -3.90. The van der Waals surface area contributed by atoms with Crippen molar-refractivity contribution in [1.29, 1.82) is 0 Å². The molecule has 4 rings (SSSR count). The maximum Gasteiger partial charge on any atom is 0.258 e. The molecule has 3 aromatic carbocycles. The molecule has 3 aromatic rings. The Hall–Kier alpha value is -2.65. The molecule has 0 aliphatic carbocycles. The molecule has 33 heavy (non-hydrogen) atoms. The highest BCUT2D eigenvalue weighted by atomic mass is 35.5. The molecule has 1 saturated heterocycles. The predicted octanol–water partition coefficient (Wildman–Crippen LogP) is 4.90. The molecule has 1 N–H and O–H groups in total. The lowest BCUT2D eigenvalue weighted by atomic mass is 10.2. The zero-order chi connectivity index (χ0) is 23.6. The van der Waals surface area contributed by atoms with Crippen molar-refractivity contribution < 1.29 is 17.6 Å². The lowest BCUT2D eigenvalue weighted by molar-refractivity contribution is 0.102. The van der Waals surface area contributed by atoms with Crippen LogP contribution in [-0.4, -0.2) is 44.8 Å². The van der Waals surface area contributed by atoms with Crippen molar-refractivity contribution in [3.63, 3.8) is 0 Å². The normalized spacial score (nSPS) is 14.8. The molecule has 6 nitrogen and oxygen atoms in total. The van der Waals surface area contributed by atoms with Gasteiger partial charge in [0.15, 0.2) is 0 Å². The van der Waals surface area contributed by atoms with E-state index in [2.05, 4.69) is 10.2 Å². The third kappa shape index (κ3) is 5.14. The predicted molar refractivity (Wildman–Crippen MR) is 128 cm³/mol. The Labute approximate surface area is 201 Å². The number of piperazine rings is 1. The van der Waals surface area contributed by atoms with Gasteiger partial charge in [0.2, 0.25) is 10.0 Å². The largest absolute Gasteiger partial charge is 0.369 e. The van der Waals surface area contributed by atoms with Crippen LogP contribution < -0.4 is 10.2 Å². The number of rotatable bonds is 5. The monoisotopic (exact) mass is 507 g/mol. The second-order valence-corrected chi connectivity index (χ2v) is 10.2. The number of sulfonamides is 1. The van der Waals surface area contributed by atoms with Crippen LogP contribution in [0.3, 0.4) is 0 Å². The molecular formula is C23H20Cl2FN3O3S. The fourth-order valence-corrected chi connectivity index (χ4v) is 5.33. The van der Waals surface area contributed by atoms with Gasteiger partial charge >= 0.3 is 0 Å². The highest BCUT2D eigenvalue weighted by Gasteiger charge is 2.30. The van der Waals surface area contributed by atoms with Gasteiger partial charge in [-0.15, -0.1) is 0 Å². The average Bonchev–Trinajstić information content (AvgIpc) is 2.82. The van der Waals surface area contributed by atoms with E-state index in [9.17, 15) is 17.6 Å². The smallest absolute Gasteiger partial charge is 0.258 e. The summed E-state index contributed by atoms with van der Waals surface area (Å²) < 4.78 is 42.1. The Morgan fingerprint density at radius 2 is 1.58 bits per heavy atom. The zero-order valence-electron chi connectivity index (χ0n) is 17.3. The van der Waals surface area contributed by atoms with Gasteiger partial charge in [0, 0.05) is 37.6 Å². The molecule has 0 saturated carbocycles. The van der Waals surface area contributed by atoms with E-state index in [4.69, 9.17) is 23.2 Å². The highest BCUT2D eigenvalue weighted by Crippen LogP contribution is 2.26. The number of nitrogens with zero attached hydrogens (tertiary/aromatic N) is 2. The molecule has 1 amide bonds. The number of halogens is 3. The maximum absolute atomic E-state index is 14.4. The number of hydrogen-bond acceptors (Lipinski definition) is 4. The van der Waals surface area contributed by atoms with E-state index in [1.54, 1.807) is 0 Å². The van der Waals surface area contributed by atoms with E-state index in [1.807, 2.05) is 30.3 Å². The van der Waals surface area contributed by atoms with Crippen molar-refractivity contribution in [3.8, 4) is 0 Å². The van der Waals surface area contributed by atoms with Gasteiger partial charge in [-0.05, 0) is 48.5 Å². The quantitative estimate of drug-likeness (QED) is 0.533. The molecule has 0 aromatic heterocycles. The summed E-state index contributed by atoms with van der Waals surface area (Å²) in [5.74, 6) is -1.63.